The van der Waals surface area contributed by atoms with Crippen LogP contribution in [-0.4, -0.2) is 59.2 Å². The van der Waals surface area contributed by atoms with Crippen LogP contribution in [0.3, 0.4) is 0 Å². The van der Waals surface area contributed by atoms with Crippen LogP contribution >= 0.6 is 0 Å². The van der Waals surface area contributed by atoms with Crippen LogP contribution in [0.4, 0.5) is 0 Å². The number of imidazole rings is 1. The zero-order valence-electron chi connectivity index (χ0n) is 19.3. The van der Waals surface area contributed by atoms with Gasteiger partial charge in [-0.1, -0.05) is 12.1 Å². The van der Waals surface area contributed by atoms with E-state index < -0.39 is 17.9 Å². The lowest BCUT2D eigenvalue weighted by atomic mass is 10.2. The van der Waals surface area contributed by atoms with Crippen LogP contribution in [0.5, 0.6) is 17.4 Å². The van der Waals surface area contributed by atoms with E-state index in [1.165, 1.54) is 14.2 Å². The lowest BCUT2D eigenvalue weighted by Crippen LogP contribution is -2.18. The second-order valence-corrected chi connectivity index (χ2v) is 7.86. The summed E-state index contributed by atoms with van der Waals surface area (Å²) in [5.41, 5.74) is 2.02. The highest BCUT2D eigenvalue weighted by Crippen LogP contribution is 2.38. The highest BCUT2D eigenvalue weighted by Gasteiger charge is 2.25. The van der Waals surface area contributed by atoms with Gasteiger partial charge in [0.25, 0.3) is 0 Å². The smallest absolute Gasteiger partial charge is 0.232 e. The van der Waals surface area contributed by atoms with Gasteiger partial charge in [0, 0.05) is 6.07 Å². The Balaban J connectivity index is 2.06. The van der Waals surface area contributed by atoms with Crippen molar-refractivity contribution in [3.8, 4) is 34.6 Å². The van der Waals surface area contributed by atoms with Crippen molar-refractivity contribution in [1.82, 2.24) is 29.2 Å². The van der Waals surface area contributed by atoms with Crippen molar-refractivity contribution in [2.45, 2.75) is 20.1 Å². The van der Waals surface area contributed by atoms with Crippen molar-refractivity contribution in [3.05, 3.63) is 47.8 Å². The highest BCUT2D eigenvalue weighted by atomic mass is 32.2. The number of ether oxygens (including phenoxy) is 3. The molecule has 1 aromatic carbocycles. The summed E-state index contributed by atoms with van der Waals surface area (Å²) >= 11 is -2.28. The summed E-state index contributed by atoms with van der Waals surface area (Å²) in [5.74, 6) is 1.76. The van der Waals surface area contributed by atoms with E-state index in [9.17, 15) is 9.32 Å². The molecular formula is C22H24N6O6S. The van der Waals surface area contributed by atoms with Crippen molar-refractivity contribution in [1.29, 1.82) is 0 Å². The van der Waals surface area contributed by atoms with Gasteiger partial charge in [0.2, 0.25) is 17.1 Å². The average Bonchev–Trinajstić information content (AvgIpc) is 3.24. The Hall–Kier alpha value is -3.65. The van der Waals surface area contributed by atoms with E-state index in [-0.39, 0.29) is 23.6 Å². The fourth-order valence-electron chi connectivity index (χ4n) is 3.56. The first-order chi connectivity index (χ1) is 17.0. The summed E-state index contributed by atoms with van der Waals surface area (Å²) in [5, 5.41) is 9.84. The molecule has 12 nitrogen and oxygen atoms in total. The Morgan fingerprint density at radius 3 is 2.34 bits per heavy atom. The number of methoxy groups -OCH3 is 2. The molecule has 0 aliphatic heterocycles. The number of aliphatic hydroxyl groups is 1. The molecule has 0 bridgehead atoms. The molecule has 35 heavy (non-hydrogen) atoms. The highest BCUT2D eigenvalue weighted by molar-refractivity contribution is 7.77. The average molecular weight is 501 g/mol. The number of para-hydroxylation sites is 1. The molecule has 0 aliphatic carbocycles. The number of aliphatic hydroxyl groups excluding tert-OH is 1. The molecule has 1 atom stereocenters. The normalized spacial score (nSPS) is 12.0. The maximum atomic E-state index is 11.2. The summed E-state index contributed by atoms with van der Waals surface area (Å²) in [7, 11) is 3.07. The summed E-state index contributed by atoms with van der Waals surface area (Å²) < 4.78 is 41.2. The van der Waals surface area contributed by atoms with Crippen LogP contribution in [0.15, 0.2) is 36.4 Å². The molecule has 13 heteroatoms. The second kappa shape index (κ2) is 10.7. The Bertz CT molecular complexity index is 1360. The van der Waals surface area contributed by atoms with Crippen LogP contribution < -0.4 is 18.9 Å². The summed E-state index contributed by atoms with van der Waals surface area (Å²) in [4.78, 5) is 18.4. The number of benzene rings is 1. The third-order valence-electron chi connectivity index (χ3n) is 5.03. The van der Waals surface area contributed by atoms with E-state index in [4.69, 9.17) is 18.8 Å². The van der Waals surface area contributed by atoms with Gasteiger partial charge < -0.3 is 19.3 Å². The number of nitrogens with one attached hydrogen (secondary N) is 1. The number of rotatable bonds is 10. The SMILES string of the molecule is CCOc1cccc(-c2nc3nc(CO)c(CNS(=O)O)nc3n2-c2c(OC)cccc2OC)n1. The van der Waals surface area contributed by atoms with Gasteiger partial charge in [-0.05, 0) is 25.1 Å². The molecule has 4 aromatic rings. The number of nitrogens with zero attached hydrogens (tertiary/aromatic N) is 5. The first-order valence-electron chi connectivity index (χ1n) is 10.6. The van der Waals surface area contributed by atoms with Crippen molar-refractivity contribution in [2.75, 3.05) is 20.8 Å². The van der Waals surface area contributed by atoms with Crippen molar-refractivity contribution in [2.24, 2.45) is 0 Å². The minimum Gasteiger partial charge on any atom is -0.494 e. The lowest BCUT2D eigenvalue weighted by molar-refractivity contribution is 0.275. The van der Waals surface area contributed by atoms with Gasteiger partial charge in [0.05, 0.1) is 45.4 Å². The van der Waals surface area contributed by atoms with E-state index in [0.717, 1.165) is 0 Å². The Morgan fingerprint density at radius 2 is 1.71 bits per heavy atom. The Labute approximate surface area is 203 Å². The van der Waals surface area contributed by atoms with Gasteiger partial charge in [0.15, 0.2) is 17.1 Å². The molecule has 184 valence electrons. The minimum atomic E-state index is -2.28. The minimum absolute atomic E-state index is 0.108. The maximum absolute atomic E-state index is 11.2. The van der Waals surface area contributed by atoms with E-state index in [1.807, 2.05) is 6.92 Å². The number of hydrogen-bond donors (Lipinski definition) is 3. The Kier molecular flexibility index (Phi) is 7.51. The molecule has 0 saturated carbocycles. The van der Waals surface area contributed by atoms with Crippen molar-refractivity contribution < 1.29 is 28.1 Å². The third kappa shape index (κ3) is 4.93. The van der Waals surface area contributed by atoms with E-state index >= 15 is 0 Å². The molecule has 4 rings (SSSR count). The monoisotopic (exact) mass is 500 g/mol. The molecule has 3 aromatic heterocycles. The molecule has 0 spiro atoms. The molecule has 0 fully saturated rings. The van der Waals surface area contributed by atoms with E-state index in [1.54, 1.807) is 41.0 Å². The molecular weight excluding hydrogens is 476 g/mol. The van der Waals surface area contributed by atoms with Gasteiger partial charge in [0.1, 0.15) is 22.9 Å². The molecule has 3 N–H and O–H groups in total. The van der Waals surface area contributed by atoms with Crippen LogP contribution in [0.2, 0.25) is 0 Å². The van der Waals surface area contributed by atoms with E-state index in [0.29, 0.717) is 46.8 Å². The molecule has 0 aliphatic rings. The van der Waals surface area contributed by atoms with Crippen LogP contribution in [0, 0.1) is 0 Å². The maximum Gasteiger partial charge on any atom is 0.232 e. The predicted octanol–water partition coefficient (Wildman–Crippen LogP) is 2.01. The molecule has 3 heterocycles. The third-order valence-corrected chi connectivity index (χ3v) is 5.42. The van der Waals surface area contributed by atoms with Crippen LogP contribution in [0.1, 0.15) is 18.3 Å². The fourth-order valence-corrected chi connectivity index (χ4v) is 3.82. The zero-order valence-corrected chi connectivity index (χ0v) is 20.1. The van der Waals surface area contributed by atoms with Gasteiger partial charge in [-0.3, -0.25) is 9.12 Å². The van der Waals surface area contributed by atoms with Crippen LogP contribution in [0.25, 0.3) is 28.5 Å². The van der Waals surface area contributed by atoms with Gasteiger partial charge in [-0.15, -0.1) is 0 Å². The van der Waals surface area contributed by atoms with Gasteiger partial charge >= 0.3 is 0 Å². The summed E-state index contributed by atoms with van der Waals surface area (Å²) in [6.07, 6.45) is 0. The van der Waals surface area contributed by atoms with Crippen molar-refractivity contribution in [3.63, 3.8) is 0 Å². The van der Waals surface area contributed by atoms with E-state index in [2.05, 4.69) is 24.7 Å². The van der Waals surface area contributed by atoms with Crippen molar-refractivity contribution >= 4 is 22.6 Å². The number of aromatic nitrogens is 5. The Morgan fingerprint density at radius 1 is 1.00 bits per heavy atom. The predicted molar refractivity (Wildman–Crippen MR) is 128 cm³/mol. The lowest BCUT2D eigenvalue weighted by Gasteiger charge is -2.16. The molecule has 0 saturated heterocycles. The quantitative estimate of drug-likeness (QED) is 0.276. The van der Waals surface area contributed by atoms with Gasteiger partial charge in [-0.25, -0.2) is 28.9 Å². The number of pyridine rings is 1. The molecule has 1 unspecified atom stereocenters. The van der Waals surface area contributed by atoms with Gasteiger partial charge in [-0.2, -0.15) is 0 Å². The zero-order chi connectivity index (χ0) is 24.9. The molecule has 0 amide bonds. The second-order valence-electron chi connectivity index (χ2n) is 7.07. The number of hydrogen-bond acceptors (Lipinski definition) is 9. The molecule has 0 radical (unpaired) electrons. The largest absolute Gasteiger partial charge is 0.494 e. The summed E-state index contributed by atoms with van der Waals surface area (Å²) in [6.45, 7) is 1.77. The number of fused-ring (bicyclic) bond motifs is 1. The van der Waals surface area contributed by atoms with Crippen LogP contribution in [-0.2, 0) is 24.4 Å². The first kappa shape index (κ1) is 24.5. The summed E-state index contributed by atoms with van der Waals surface area (Å²) in [6, 6.07) is 10.6. The topological polar surface area (TPSA) is 154 Å². The first-order valence-corrected chi connectivity index (χ1v) is 11.7. The standard InChI is InChI=1S/C22H24N6O6S/c1-4-34-18-10-5-7-13(24-18)21-27-20-22(26-14(11-23-35(30)31)15(12-29)25-20)28(21)19-16(32-2)8-6-9-17(19)33-3/h5-10,23,29H,4,11-12H2,1-3H3,(H,30,31). The fraction of sp³-hybridized carbons (Fsp3) is 0.273.